The third kappa shape index (κ3) is 8.65. The van der Waals surface area contributed by atoms with Gasteiger partial charge in [-0.05, 0) is 30.0 Å². The number of aryl methyl sites for hydroxylation is 1. The van der Waals surface area contributed by atoms with Gasteiger partial charge in [0.1, 0.15) is 5.75 Å². The normalized spacial score (nSPS) is 11.0. The number of para-hydroxylation sites is 1. The molecule has 0 aliphatic heterocycles. The molecule has 0 aliphatic rings. The number of hydrogen-bond acceptors (Lipinski definition) is 1. The molecule has 0 saturated carbocycles. The quantitative estimate of drug-likeness (QED) is 0.333. The minimum Gasteiger partial charge on any atom is -0.507 e. The highest BCUT2D eigenvalue weighted by molar-refractivity contribution is 5.69. The van der Waals surface area contributed by atoms with Gasteiger partial charge in [0.05, 0.1) is 0 Å². The van der Waals surface area contributed by atoms with Crippen LogP contribution in [0, 0.1) is 0 Å². The van der Waals surface area contributed by atoms with Crippen LogP contribution < -0.4 is 0 Å². The smallest absolute Gasteiger partial charge is 0.123 e. The second-order valence-corrected chi connectivity index (χ2v) is 7.85. The molecule has 148 valence electrons. The molecule has 0 aliphatic carbocycles. The summed E-state index contributed by atoms with van der Waals surface area (Å²) in [5, 5.41) is 9.96. The lowest BCUT2D eigenvalue weighted by atomic mass is 10.00. The molecule has 0 fully saturated rings. The predicted molar refractivity (Wildman–Crippen MR) is 118 cm³/mol. The molecule has 0 unspecified atom stereocenters. The zero-order valence-corrected chi connectivity index (χ0v) is 17.3. The second-order valence-electron chi connectivity index (χ2n) is 7.85. The Labute approximate surface area is 166 Å². The average Bonchev–Trinajstić information content (AvgIpc) is 2.70. The molecule has 0 atom stereocenters. The first-order valence-electron chi connectivity index (χ1n) is 11.2. The Morgan fingerprint density at radius 2 is 1.11 bits per heavy atom. The van der Waals surface area contributed by atoms with Crippen LogP contribution in [0.1, 0.15) is 89.5 Å². The molecule has 2 aromatic rings. The first kappa shape index (κ1) is 21.5. The van der Waals surface area contributed by atoms with E-state index in [1.54, 1.807) is 6.07 Å². The lowest BCUT2D eigenvalue weighted by Gasteiger charge is -2.07. The van der Waals surface area contributed by atoms with E-state index in [1.165, 1.54) is 89.0 Å². The van der Waals surface area contributed by atoms with Crippen LogP contribution in [0.4, 0.5) is 0 Å². The third-order valence-corrected chi connectivity index (χ3v) is 5.49. The Morgan fingerprint density at radius 1 is 0.593 bits per heavy atom. The van der Waals surface area contributed by atoms with Gasteiger partial charge in [-0.3, -0.25) is 0 Å². The molecule has 1 N–H and O–H groups in total. The van der Waals surface area contributed by atoms with Crippen LogP contribution in [-0.2, 0) is 6.42 Å². The molecular formula is C26H38O. The van der Waals surface area contributed by atoms with Gasteiger partial charge in [0, 0.05) is 5.56 Å². The summed E-state index contributed by atoms with van der Waals surface area (Å²) in [5.74, 6) is 0.353. The Morgan fingerprint density at radius 3 is 1.67 bits per heavy atom. The molecule has 0 radical (unpaired) electrons. The van der Waals surface area contributed by atoms with E-state index >= 15 is 0 Å². The summed E-state index contributed by atoms with van der Waals surface area (Å²) in [6.07, 6.45) is 17.9. The monoisotopic (exact) mass is 366 g/mol. The van der Waals surface area contributed by atoms with Crippen molar-refractivity contribution in [2.75, 3.05) is 0 Å². The number of aromatic hydroxyl groups is 1. The van der Waals surface area contributed by atoms with Crippen LogP contribution >= 0.6 is 0 Å². The number of unbranched alkanes of at least 4 members (excludes halogenated alkanes) is 11. The van der Waals surface area contributed by atoms with Gasteiger partial charge in [-0.1, -0.05) is 120 Å². The summed E-state index contributed by atoms with van der Waals surface area (Å²) in [7, 11) is 0. The van der Waals surface area contributed by atoms with Crippen LogP contribution in [-0.4, -0.2) is 5.11 Å². The van der Waals surface area contributed by atoms with Gasteiger partial charge in [-0.2, -0.15) is 0 Å². The minimum absolute atomic E-state index is 0.353. The molecular weight excluding hydrogens is 328 g/mol. The fraction of sp³-hybridized carbons (Fsp3) is 0.538. The van der Waals surface area contributed by atoms with Crippen molar-refractivity contribution >= 4 is 0 Å². The summed E-state index contributed by atoms with van der Waals surface area (Å²) in [4.78, 5) is 0. The fourth-order valence-corrected chi connectivity index (χ4v) is 3.74. The number of hydrogen-bond donors (Lipinski definition) is 1. The maximum absolute atomic E-state index is 9.96. The van der Waals surface area contributed by atoms with E-state index in [2.05, 4.69) is 31.2 Å². The molecule has 1 nitrogen and oxygen atoms in total. The average molecular weight is 367 g/mol. The van der Waals surface area contributed by atoms with Gasteiger partial charge in [-0.15, -0.1) is 0 Å². The highest BCUT2D eigenvalue weighted by Gasteiger charge is 2.03. The van der Waals surface area contributed by atoms with E-state index in [-0.39, 0.29) is 0 Å². The topological polar surface area (TPSA) is 20.2 Å². The molecule has 2 aromatic carbocycles. The van der Waals surface area contributed by atoms with Gasteiger partial charge in [-0.25, -0.2) is 0 Å². The molecule has 2 rings (SSSR count). The van der Waals surface area contributed by atoms with E-state index in [9.17, 15) is 5.11 Å². The molecule has 0 spiro atoms. The third-order valence-electron chi connectivity index (χ3n) is 5.49. The van der Waals surface area contributed by atoms with E-state index in [0.29, 0.717) is 5.75 Å². The predicted octanol–water partition coefficient (Wildman–Crippen LogP) is 8.30. The van der Waals surface area contributed by atoms with Crippen molar-refractivity contribution in [1.82, 2.24) is 0 Å². The van der Waals surface area contributed by atoms with E-state index in [4.69, 9.17) is 0 Å². The summed E-state index contributed by atoms with van der Waals surface area (Å²) in [6, 6.07) is 16.2. The van der Waals surface area contributed by atoms with Crippen molar-refractivity contribution in [1.29, 1.82) is 0 Å². The van der Waals surface area contributed by atoms with Crippen LogP contribution in [0.5, 0.6) is 5.75 Å². The maximum Gasteiger partial charge on any atom is 0.123 e. The van der Waals surface area contributed by atoms with Gasteiger partial charge in [0.15, 0.2) is 0 Å². The molecule has 0 saturated heterocycles. The van der Waals surface area contributed by atoms with Crippen molar-refractivity contribution in [2.45, 2.75) is 90.4 Å². The number of rotatable bonds is 14. The van der Waals surface area contributed by atoms with Crippen molar-refractivity contribution < 1.29 is 5.11 Å². The van der Waals surface area contributed by atoms with Gasteiger partial charge < -0.3 is 5.11 Å². The van der Waals surface area contributed by atoms with Gasteiger partial charge in [0.25, 0.3) is 0 Å². The van der Waals surface area contributed by atoms with Gasteiger partial charge >= 0.3 is 0 Å². The van der Waals surface area contributed by atoms with Crippen LogP contribution in [0.15, 0.2) is 48.5 Å². The SMILES string of the molecule is CCCCCCCCCCCCCCc1ccc(-c2ccccc2O)cc1. The van der Waals surface area contributed by atoms with E-state index in [1.807, 2.05) is 18.2 Å². The van der Waals surface area contributed by atoms with Crippen molar-refractivity contribution in [3.63, 3.8) is 0 Å². The zero-order chi connectivity index (χ0) is 19.2. The molecule has 0 aromatic heterocycles. The zero-order valence-electron chi connectivity index (χ0n) is 17.3. The van der Waals surface area contributed by atoms with Crippen LogP contribution in [0.3, 0.4) is 0 Å². The molecule has 1 heteroatoms. The molecule has 27 heavy (non-hydrogen) atoms. The van der Waals surface area contributed by atoms with E-state index in [0.717, 1.165) is 11.1 Å². The Balaban J connectivity index is 1.52. The highest BCUT2D eigenvalue weighted by Crippen LogP contribution is 2.28. The molecule has 0 heterocycles. The standard InChI is InChI=1S/C26H38O/c1-2-3-4-5-6-7-8-9-10-11-12-13-16-23-19-21-24(22-20-23)25-17-14-15-18-26(25)27/h14-15,17-22,27H,2-13,16H2,1H3. The summed E-state index contributed by atoms with van der Waals surface area (Å²) >= 11 is 0. The summed E-state index contributed by atoms with van der Waals surface area (Å²) in [5.41, 5.74) is 3.40. The Hall–Kier alpha value is -1.76. The lowest BCUT2D eigenvalue weighted by molar-refractivity contribution is 0.477. The number of benzene rings is 2. The molecule has 0 bridgehead atoms. The first-order valence-corrected chi connectivity index (χ1v) is 11.2. The largest absolute Gasteiger partial charge is 0.507 e. The Bertz CT molecular complexity index is 614. The van der Waals surface area contributed by atoms with E-state index < -0.39 is 0 Å². The lowest BCUT2D eigenvalue weighted by Crippen LogP contribution is -1.87. The first-order chi connectivity index (χ1) is 13.3. The van der Waals surface area contributed by atoms with Crippen LogP contribution in [0.2, 0.25) is 0 Å². The second kappa shape index (κ2) is 13.4. The van der Waals surface area contributed by atoms with Crippen LogP contribution in [0.25, 0.3) is 11.1 Å². The number of phenols is 1. The van der Waals surface area contributed by atoms with Crippen molar-refractivity contribution in [3.8, 4) is 16.9 Å². The van der Waals surface area contributed by atoms with Gasteiger partial charge in [0.2, 0.25) is 0 Å². The minimum atomic E-state index is 0.353. The maximum atomic E-state index is 9.96. The fourth-order valence-electron chi connectivity index (χ4n) is 3.74. The Kier molecular flexibility index (Phi) is 10.7. The molecule has 0 amide bonds. The highest BCUT2D eigenvalue weighted by atomic mass is 16.3. The number of phenolic OH excluding ortho intramolecular Hbond substituents is 1. The summed E-state index contributed by atoms with van der Waals surface area (Å²) < 4.78 is 0. The van der Waals surface area contributed by atoms with Crippen molar-refractivity contribution in [3.05, 3.63) is 54.1 Å². The van der Waals surface area contributed by atoms with Crippen molar-refractivity contribution in [2.24, 2.45) is 0 Å². The summed E-state index contributed by atoms with van der Waals surface area (Å²) in [6.45, 7) is 2.28.